The Morgan fingerprint density at radius 3 is 2.43 bits per heavy atom. The largest absolute Gasteiger partial charge is 0.416 e. The zero-order valence-electron chi connectivity index (χ0n) is 15.1. The molecule has 2 aromatic carbocycles. The third kappa shape index (κ3) is 3.88. The zero-order valence-corrected chi connectivity index (χ0v) is 15.1. The van der Waals surface area contributed by atoms with Crippen molar-refractivity contribution in [1.82, 2.24) is 15.0 Å². The first-order valence-electron chi connectivity index (χ1n) is 8.61. The normalized spacial score (nSPS) is 11.4. The molecule has 4 rings (SSSR count). The number of benzene rings is 2. The molecule has 0 saturated heterocycles. The Labute approximate surface area is 167 Å². The third-order valence-corrected chi connectivity index (χ3v) is 4.34. The lowest BCUT2D eigenvalue weighted by Crippen LogP contribution is -2.04. The van der Waals surface area contributed by atoms with Gasteiger partial charge in [0.2, 0.25) is 0 Å². The van der Waals surface area contributed by atoms with Crippen molar-refractivity contribution in [2.45, 2.75) is 6.18 Å². The smallest absolute Gasteiger partial charge is 0.340 e. The Morgan fingerprint density at radius 2 is 1.73 bits per heavy atom. The van der Waals surface area contributed by atoms with Crippen LogP contribution in [-0.4, -0.2) is 19.9 Å². The summed E-state index contributed by atoms with van der Waals surface area (Å²) >= 11 is 0. The number of nitrogens with one attached hydrogen (secondary N) is 1. The quantitative estimate of drug-likeness (QED) is 0.359. The van der Waals surface area contributed by atoms with Gasteiger partial charge in [-0.2, -0.15) is 13.2 Å². The van der Waals surface area contributed by atoms with E-state index in [-0.39, 0.29) is 5.69 Å². The van der Waals surface area contributed by atoms with Crippen molar-refractivity contribution < 1.29 is 18.1 Å². The molecule has 0 atom stereocenters. The fourth-order valence-electron chi connectivity index (χ4n) is 2.94. The van der Waals surface area contributed by atoms with E-state index in [4.69, 9.17) is 0 Å². The Bertz CT molecular complexity index is 1240. The van der Waals surface area contributed by atoms with Crippen LogP contribution in [-0.2, 0) is 6.18 Å². The van der Waals surface area contributed by atoms with E-state index in [1.807, 2.05) is 0 Å². The van der Waals surface area contributed by atoms with E-state index in [9.17, 15) is 23.3 Å². The van der Waals surface area contributed by atoms with Crippen molar-refractivity contribution in [3.05, 3.63) is 82.8 Å². The van der Waals surface area contributed by atoms with Crippen LogP contribution in [0.4, 0.5) is 30.4 Å². The van der Waals surface area contributed by atoms with Gasteiger partial charge in [-0.15, -0.1) is 0 Å². The molecule has 0 fully saturated rings. The molecule has 1 N–H and O–H groups in total. The van der Waals surface area contributed by atoms with E-state index in [1.165, 1.54) is 30.7 Å². The number of nitro groups is 1. The van der Waals surface area contributed by atoms with Gasteiger partial charge in [0.15, 0.2) is 0 Å². The summed E-state index contributed by atoms with van der Waals surface area (Å²) in [4.78, 5) is 23.4. The van der Waals surface area contributed by atoms with Gasteiger partial charge in [-0.3, -0.25) is 15.1 Å². The summed E-state index contributed by atoms with van der Waals surface area (Å²) in [5.74, 6) is 0.323. The molecule has 0 radical (unpaired) electrons. The van der Waals surface area contributed by atoms with Crippen LogP contribution in [0.2, 0.25) is 0 Å². The highest BCUT2D eigenvalue weighted by atomic mass is 19.4. The monoisotopic (exact) mass is 411 g/mol. The molecule has 0 aliphatic carbocycles. The average molecular weight is 411 g/mol. The minimum absolute atomic E-state index is 0.105. The number of hydrogen-bond acceptors (Lipinski definition) is 6. The molecule has 0 amide bonds. The van der Waals surface area contributed by atoms with Crippen LogP contribution >= 0.6 is 0 Å². The van der Waals surface area contributed by atoms with Gasteiger partial charge in [0.05, 0.1) is 27.1 Å². The molecular formula is C20H12F3N5O2. The maximum atomic E-state index is 12.7. The molecule has 0 bridgehead atoms. The number of alkyl halides is 3. The van der Waals surface area contributed by atoms with Gasteiger partial charge in [-0.1, -0.05) is 0 Å². The Hall–Kier alpha value is -4.08. The zero-order chi connectivity index (χ0) is 21.3. The number of pyridine rings is 1. The first-order valence-corrected chi connectivity index (χ1v) is 8.61. The van der Waals surface area contributed by atoms with Crippen molar-refractivity contribution >= 4 is 28.1 Å². The van der Waals surface area contributed by atoms with E-state index in [1.54, 1.807) is 24.3 Å². The summed E-state index contributed by atoms with van der Waals surface area (Å²) in [7, 11) is 0. The van der Waals surface area contributed by atoms with E-state index >= 15 is 0 Å². The molecule has 150 valence electrons. The average Bonchev–Trinajstić information content (AvgIpc) is 2.73. The predicted octanol–water partition coefficient (Wildman–Crippen LogP) is 5.36. The van der Waals surface area contributed by atoms with Gasteiger partial charge >= 0.3 is 6.18 Å². The minimum Gasteiger partial charge on any atom is -0.340 e. The van der Waals surface area contributed by atoms with Crippen LogP contribution in [0, 0.1) is 10.1 Å². The second-order valence-corrected chi connectivity index (χ2v) is 6.31. The SMILES string of the molecule is O=[N+]([O-])c1cc(-c2cc(Nc3ccc(C(F)(F)F)cc3)ncn2)cc2ncccc12. The van der Waals surface area contributed by atoms with Crippen molar-refractivity contribution in [3.8, 4) is 11.3 Å². The highest BCUT2D eigenvalue weighted by Crippen LogP contribution is 2.32. The van der Waals surface area contributed by atoms with Crippen molar-refractivity contribution in [1.29, 1.82) is 0 Å². The molecule has 0 aliphatic heterocycles. The summed E-state index contributed by atoms with van der Waals surface area (Å²) < 4.78 is 38.1. The fraction of sp³-hybridized carbons (Fsp3) is 0.0500. The lowest BCUT2D eigenvalue weighted by molar-refractivity contribution is -0.383. The Morgan fingerprint density at radius 1 is 0.967 bits per heavy atom. The number of halogens is 3. The fourth-order valence-corrected chi connectivity index (χ4v) is 2.94. The van der Waals surface area contributed by atoms with E-state index in [2.05, 4.69) is 20.3 Å². The van der Waals surface area contributed by atoms with Crippen LogP contribution < -0.4 is 5.32 Å². The highest BCUT2D eigenvalue weighted by Gasteiger charge is 2.29. The van der Waals surface area contributed by atoms with Crippen molar-refractivity contribution in [2.75, 3.05) is 5.32 Å². The van der Waals surface area contributed by atoms with Gasteiger partial charge in [-0.25, -0.2) is 9.97 Å². The summed E-state index contributed by atoms with van der Waals surface area (Å²) in [5, 5.41) is 14.8. The van der Waals surface area contributed by atoms with Crippen molar-refractivity contribution in [3.63, 3.8) is 0 Å². The molecule has 10 heteroatoms. The number of hydrogen-bond donors (Lipinski definition) is 1. The number of non-ortho nitro benzene ring substituents is 1. The molecule has 4 aromatic rings. The maximum Gasteiger partial charge on any atom is 0.416 e. The second kappa shape index (κ2) is 7.39. The highest BCUT2D eigenvalue weighted by molar-refractivity contribution is 5.92. The van der Waals surface area contributed by atoms with E-state index in [0.717, 1.165) is 12.1 Å². The first kappa shape index (κ1) is 19.2. The number of nitro benzene ring substituents is 1. The number of fused-ring (bicyclic) bond motifs is 1. The molecule has 7 nitrogen and oxygen atoms in total. The lowest BCUT2D eigenvalue weighted by atomic mass is 10.1. The molecular weight excluding hydrogens is 399 g/mol. The number of nitrogens with zero attached hydrogens (tertiary/aromatic N) is 4. The summed E-state index contributed by atoms with van der Waals surface area (Å²) in [6.45, 7) is 0. The maximum absolute atomic E-state index is 12.7. The van der Waals surface area contributed by atoms with Crippen molar-refractivity contribution in [2.24, 2.45) is 0 Å². The second-order valence-electron chi connectivity index (χ2n) is 6.31. The molecule has 0 unspecified atom stereocenters. The standard InChI is InChI=1S/C20H12F3N5O2/c21-20(22,23)13-3-5-14(6-4-13)27-19-10-16(25-11-26-19)12-8-17-15(2-1-7-24-17)18(9-12)28(29)30/h1-11H,(H,25,26,27). The van der Waals surface area contributed by atoms with Gasteiger partial charge < -0.3 is 5.32 Å². The van der Waals surface area contributed by atoms with Crippen LogP contribution in [0.25, 0.3) is 22.2 Å². The van der Waals surface area contributed by atoms with Crippen LogP contribution in [0.15, 0.2) is 67.1 Å². The first-order chi connectivity index (χ1) is 14.3. The lowest BCUT2D eigenvalue weighted by Gasteiger charge is -2.10. The van der Waals surface area contributed by atoms with Crippen LogP contribution in [0.5, 0.6) is 0 Å². The molecule has 0 aliphatic rings. The molecule has 0 saturated carbocycles. The number of anilines is 2. The minimum atomic E-state index is -4.42. The van der Waals surface area contributed by atoms with Gasteiger partial charge in [0, 0.05) is 29.6 Å². The van der Waals surface area contributed by atoms with Gasteiger partial charge in [0.1, 0.15) is 12.1 Å². The van der Waals surface area contributed by atoms with E-state index in [0.29, 0.717) is 33.7 Å². The van der Waals surface area contributed by atoms with Crippen LogP contribution in [0.3, 0.4) is 0 Å². The summed E-state index contributed by atoms with van der Waals surface area (Å²) in [6, 6.07) is 12.3. The predicted molar refractivity (Wildman–Crippen MR) is 104 cm³/mol. The summed E-state index contributed by atoms with van der Waals surface area (Å²) in [6.07, 6.45) is -1.62. The Balaban J connectivity index is 1.68. The summed E-state index contributed by atoms with van der Waals surface area (Å²) in [5.41, 5.74) is 0.844. The molecule has 2 heterocycles. The molecule has 30 heavy (non-hydrogen) atoms. The van der Waals surface area contributed by atoms with Gasteiger partial charge in [-0.05, 0) is 42.5 Å². The third-order valence-electron chi connectivity index (χ3n) is 4.34. The van der Waals surface area contributed by atoms with E-state index < -0.39 is 16.7 Å². The number of aromatic nitrogens is 3. The number of rotatable bonds is 4. The topological polar surface area (TPSA) is 93.8 Å². The molecule has 2 aromatic heterocycles. The molecule has 0 spiro atoms. The van der Waals surface area contributed by atoms with Crippen LogP contribution in [0.1, 0.15) is 5.56 Å². The van der Waals surface area contributed by atoms with Gasteiger partial charge in [0.25, 0.3) is 5.69 Å². The Kier molecular flexibility index (Phi) is 4.74.